The van der Waals surface area contributed by atoms with Crippen molar-refractivity contribution in [2.75, 3.05) is 5.73 Å². The predicted octanol–water partition coefficient (Wildman–Crippen LogP) is 2.76. The first-order valence-electron chi connectivity index (χ1n) is 5.05. The second-order valence-electron chi connectivity index (χ2n) is 3.61. The number of nitrogen functional groups attached to an aromatic ring is 1. The van der Waals surface area contributed by atoms with Crippen molar-refractivity contribution in [2.45, 2.75) is 9.37 Å². The van der Waals surface area contributed by atoms with E-state index in [9.17, 15) is 0 Å². The molecule has 0 unspecified atom stereocenters. The van der Waals surface area contributed by atoms with Gasteiger partial charge in [0.1, 0.15) is 5.03 Å². The van der Waals surface area contributed by atoms with E-state index in [2.05, 4.69) is 16.1 Å². The molecule has 0 aliphatic carbocycles. The van der Waals surface area contributed by atoms with Crippen LogP contribution in [0.3, 0.4) is 0 Å². The molecule has 0 saturated heterocycles. The number of nitrogens with two attached hydrogens (primary N) is 1. The number of aryl methyl sites for hydroxylation is 1. The maximum absolute atomic E-state index is 5.86. The van der Waals surface area contributed by atoms with Crippen LogP contribution in [0.5, 0.6) is 0 Å². The molecule has 0 radical (unpaired) electrons. The Morgan fingerprint density at radius 2 is 2.18 bits per heavy atom. The van der Waals surface area contributed by atoms with Crippen molar-refractivity contribution in [3.05, 3.63) is 30.5 Å². The Morgan fingerprint density at radius 3 is 2.88 bits per heavy atom. The fraction of sp³-hybridized carbons (Fsp3) is 0.0909. The standard InChI is InChI=1S/C11H10N4S2/c1-15-6-7(12)10(14-15)17-11-13-8-4-2-3-5-9(8)16-11/h2-6H,12H2,1H3. The van der Waals surface area contributed by atoms with E-state index < -0.39 is 0 Å². The SMILES string of the molecule is Cn1cc(N)c(Sc2nc3ccccc3s2)n1. The molecular weight excluding hydrogens is 252 g/mol. The number of hydrogen-bond acceptors (Lipinski definition) is 5. The Labute approximate surface area is 106 Å². The topological polar surface area (TPSA) is 56.7 Å². The maximum atomic E-state index is 5.86. The van der Waals surface area contributed by atoms with Gasteiger partial charge in [-0.2, -0.15) is 5.10 Å². The highest BCUT2D eigenvalue weighted by atomic mass is 32.2. The van der Waals surface area contributed by atoms with E-state index in [-0.39, 0.29) is 0 Å². The fourth-order valence-corrected chi connectivity index (χ4v) is 3.56. The average molecular weight is 262 g/mol. The number of anilines is 1. The smallest absolute Gasteiger partial charge is 0.157 e. The van der Waals surface area contributed by atoms with Gasteiger partial charge in [-0.3, -0.25) is 4.68 Å². The number of nitrogens with zero attached hydrogens (tertiary/aromatic N) is 3. The molecule has 86 valence electrons. The number of hydrogen-bond donors (Lipinski definition) is 1. The van der Waals surface area contributed by atoms with Crippen LogP contribution in [0.15, 0.2) is 39.8 Å². The van der Waals surface area contributed by atoms with Gasteiger partial charge in [0.25, 0.3) is 0 Å². The zero-order valence-electron chi connectivity index (χ0n) is 9.12. The number of para-hydroxylation sites is 1. The predicted molar refractivity (Wildman–Crippen MR) is 71.4 cm³/mol. The molecule has 4 nitrogen and oxygen atoms in total. The van der Waals surface area contributed by atoms with Crippen LogP contribution in [0.2, 0.25) is 0 Å². The van der Waals surface area contributed by atoms with Gasteiger partial charge < -0.3 is 5.73 Å². The Balaban J connectivity index is 1.97. The Morgan fingerprint density at radius 1 is 1.35 bits per heavy atom. The summed E-state index contributed by atoms with van der Waals surface area (Å²) in [4.78, 5) is 4.54. The Hall–Kier alpha value is -1.53. The minimum Gasteiger partial charge on any atom is -0.395 e. The maximum Gasteiger partial charge on any atom is 0.157 e. The third-order valence-corrected chi connectivity index (χ3v) is 4.39. The number of benzene rings is 1. The van der Waals surface area contributed by atoms with Crippen molar-refractivity contribution < 1.29 is 0 Å². The van der Waals surface area contributed by atoms with Crippen molar-refractivity contribution in [3.63, 3.8) is 0 Å². The monoisotopic (exact) mass is 262 g/mol. The molecule has 2 aromatic heterocycles. The van der Waals surface area contributed by atoms with Gasteiger partial charge in [-0.25, -0.2) is 4.98 Å². The molecule has 0 spiro atoms. The molecule has 0 amide bonds. The zero-order valence-corrected chi connectivity index (χ0v) is 10.8. The minimum atomic E-state index is 0.691. The number of fused-ring (bicyclic) bond motifs is 1. The van der Waals surface area contributed by atoms with Crippen LogP contribution < -0.4 is 5.73 Å². The molecule has 0 fully saturated rings. The second kappa shape index (κ2) is 4.05. The minimum absolute atomic E-state index is 0.691. The molecule has 2 N–H and O–H groups in total. The lowest BCUT2D eigenvalue weighted by atomic mass is 10.3. The highest BCUT2D eigenvalue weighted by Crippen LogP contribution is 2.35. The van der Waals surface area contributed by atoms with E-state index in [0.29, 0.717) is 5.69 Å². The summed E-state index contributed by atoms with van der Waals surface area (Å²) in [5.41, 5.74) is 7.57. The van der Waals surface area contributed by atoms with Crippen molar-refractivity contribution >= 4 is 39.0 Å². The van der Waals surface area contributed by atoms with Gasteiger partial charge in [-0.15, -0.1) is 11.3 Å². The summed E-state index contributed by atoms with van der Waals surface area (Å²) in [7, 11) is 1.86. The highest BCUT2D eigenvalue weighted by Gasteiger charge is 2.10. The van der Waals surface area contributed by atoms with Gasteiger partial charge >= 0.3 is 0 Å². The molecule has 1 aromatic carbocycles. The van der Waals surface area contributed by atoms with E-state index in [1.165, 1.54) is 16.5 Å². The third-order valence-electron chi connectivity index (χ3n) is 2.28. The van der Waals surface area contributed by atoms with Crippen LogP contribution in [-0.4, -0.2) is 14.8 Å². The molecule has 3 rings (SSSR count). The Bertz CT molecular complexity index is 638. The molecule has 6 heteroatoms. The molecule has 0 bridgehead atoms. The largest absolute Gasteiger partial charge is 0.395 e. The number of thiazole rings is 1. The van der Waals surface area contributed by atoms with E-state index in [1.54, 1.807) is 22.2 Å². The first-order valence-corrected chi connectivity index (χ1v) is 6.68. The van der Waals surface area contributed by atoms with Gasteiger partial charge in [0.2, 0.25) is 0 Å². The van der Waals surface area contributed by atoms with Gasteiger partial charge in [-0.05, 0) is 23.9 Å². The van der Waals surface area contributed by atoms with Gasteiger partial charge in [-0.1, -0.05) is 12.1 Å². The van der Waals surface area contributed by atoms with E-state index >= 15 is 0 Å². The number of rotatable bonds is 2. The first-order chi connectivity index (χ1) is 8.22. The van der Waals surface area contributed by atoms with Gasteiger partial charge in [0.05, 0.1) is 15.9 Å². The van der Waals surface area contributed by atoms with E-state index in [4.69, 9.17) is 5.73 Å². The lowest BCUT2D eigenvalue weighted by Gasteiger charge is -1.91. The second-order valence-corrected chi connectivity index (χ2v) is 5.88. The van der Waals surface area contributed by atoms with Crippen molar-refractivity contribution in [3.8, 4) is 0 Å². The van der Waals surface area contributed by atoms with Crippen LogP contribution in [0.4, 0.5) is 5.69 Å². The third kappa shape index (κ3) is 2.01. The summed E-state index contributed by atoms with van der Waals surface area (Å²) >= 11 is 3.17. The van der Waals surface area contributed by atoms with Crippen LogP contribution in [0.25, 0.3) is 10.2 Å². The highest BCUT2D eigenvalue weighted by molar-refractivity contribution is 8.01. The molecular formula is C11H10N4S2. The lowest BCUT2D eigenvalue weighted by molar-refractivity contribution is 0.738. The van der Waals surface area contributed by atoms with Crippen molar-refractivity contribution in [1.82, 2.24) is 14.8 Å². The summed E-state index contributed by atoms with van der Waals surface area (Å²) in [5, 5.41) is 5.11. The van der Waals surface area contributed by atoms with Gasteiger partial charge in [0.15, 0.2) is 4.34 Å². The van der Waals surface area contributed by atoms with Crippen LogP contribution >= 0.6 is 23.1 Å². The van der Waals surface area contributed by atoms with Crippen LogP contribution in [0, 0.1) is 0 Å². The van der Waals surface area contributed by atoms with Gasteiger partial charge in [0, 0.05) is 13.2 Å². The molecule has 0 aliphatic heterocycles. The summed E-state index contributed by atoms with van der Waals surface area (Å²) in [6, 6.07) is 8.09. The van der Waals surface area contributed by atoms with Crippen LogP contribution in [-0.2, 0) is 7.05 Å². The molecule has 0 saturated carbocycles. The molecule has 17 heavy (non-hydrogen) atoms. The van der Waals surface area contributed by atoms with Crippen molar-refractivity contribution in [2.24, 2.45) is 7.05 Å². The quantitative estimate of drug-likeness (QED) is 0.771. The molecule has 2 heterocycles. The zero-order chi connectivity index (χ0) is 11.8. The summed E-state index contributed by atoms with van der Waals surface area (Å²) in [6.07, 6.45) is 1.80. The van der Waals surface area contributed by atoms with Crippen molar-refractivity contribution in [1.29, 1.82) is 0 Å². The summed E-state index contributed by atoms with van der Waals surface area (Å²) < 4.78 is 3.87. The Kier molecular flexibility index (Phi) is 2.53. The lowest BCUT2D eigenvalue weighted by Crippen LogP contribution is -1.86. The average Bonchev–Trinajstić information content (AvgIpc) is 2.82. The molecule has 0 atom stereocenters. The van der Waals surface area contributed by atoms with E-state index in [0.717, 1.165) is 14.9 Å². The van der Waals surface area contributed by atoms with Crippen LogP contribution in [0.1, 0.15) is 0 Å². The summed E-state index contributed by atoms with van der Waals surface area (Å²) in [5.74, 6) is 0. The first kappa shape index (κ1) is 10.6. The fourth-order valence-electron chi connectivity index (χ4n) is 1.54. The molecule has 0 aliphatic rings. The number of aromatic nitrogens is 3. The van der Waals surface area contributed by atoms with E-state index in [1.807, 2.05) is 25.2 Å². The molecule has 3 aromatic rings. The summed E-state index contributed by atoms with van der Waals surface area (Å²) in [6.45, 7) is 0. The normalized spacial score (nSPS) is 11.1.